The smallest absolute Gasteiger partial charge is 0.341 e. The number of carboxylic acid groups (broad SMARTS) is 1. The van der Waals surface area contributed by atoms with Crippen LogP contribution < -0.4 is 9.47 Å². The van der Waals surface area contributed by atoms with Crippen molar-refractivity contribution in [2.24, 2.45) is 0 Å². The van der Waals surface area contributed by atoms with Crippen molar-refractivity contribution in [1.82, 2.24) is 9.80 Å². The standard InChI is InChI=1S/C19H22N2O6S/c1-4-20-17(24)13(18(25)21(5-2)19(20)28)9-12-7-8-14(27-11-16(22)23)15(10-12)26-6-3/h7-10H,4-6,11H2,1-3H3,(H,22,23). The van der Waals surface area contributed by atoms with E-state index in [1.54, 1.807) is 32.9 Å². The van der Waals surface area contributed by atoms with Crippen molar-refractivity contribution in [3.05, 3.63) is 29.3 Å². The van der Waals surface area contributed by atoms with Gasteiger partial charge in [0.15, 0.2) is 23.2 Å². The molecular weight excluding hydrogens is 384 g/mol. The molecule has 1 fully saturated rings. The van der Waals surface area contributed by atoms with Gasteiger partial charge in [0.1, 0.15) is 5.57 Å². The van der Waals surface area contributed by atoms with Gasteiger partial charge >= 0.3 is 5.97 Å². The first-order chi connectivity index (χ1) is 13.3. The Morgan fingerprint density at radius 2 is 1.68 bits per heavy atom. The van der Waals surface area contributed by atoms with E-state index in [4.69, 9.17) is 26.8 Å². The molecule has 150 valence electrons. The molecule has 1 heterocycles. The molecule has 2 rings (SSSR count). The summed E-state index contributed by atoms with van der Waals surface area (Å²) >= 11 is 5.24. The van der Waals surface area contributed by atoms with E-state index in [0.29, 0.717) is 31.0 Å². The number of nitrogens with zero attached hydrogens (tertiary/aromatic N) is 2. The lowest BCUT2D eigenvalue weighted by molar-refractivity contribution is -0.139. The van der Waals surface area contributed by atoms with E-state index in [9.17, 15) is 14.4 Å². The monoisotopic (exact) mass is 406 g/mol. The van der Waals surface area contributed by atoms with Gasteiger partial charge in [-0.1, -0.05) is 6.07 Å². The topological polar surface area (TPSA) is 96.4 Å². The highest BCUT2D eigenvalue weighted by molar-refractivity contribution is 7.80. The quantitative estimate of drug-likeness (QED) is 0.400. The number of amides is 2. The van der Waals surface area contributed by atoms with Gasteiger partial charge in [-0.25, -0.2) is 4.79 Å². The first-order valence-corrected chi connectivity index (χ1v) is 9.25. The molecule has 8 nitrogen and oxygen atoms in total. The second kappa shape index (κ2) is 9.32. The van der Waals surface area contributed by atoms with E-state index in [-0.39, 0.29) is 16.4 Å². The van der Waals surface area contributed by atoms with E-state index in [1.807, 2.05) is 0 Å². The Kier molecular flexibility index (Phi) is 7.11. The molecule has 28 heavy (non-hydrogen) atoms. The van der Waals surface area contributed by atoms with Crippen LogP contribution in [0.3, 0.4) is 0 Å². The van der Waals surface area contributed by atoms with Crippen LogP contribution in [0, 0.1) is 0 Å². The Morgan fingerprint density at radius 1 is 1.07 bits per heavy atom. The van der Waals surface area contributed by atoms with Crippen LogP contribution in [0.5, 0.6) is 11.5 Å². The number of rotatable bonds is 8. The Balaban J connectivity index is 2.42. The lowest BCUT2D eigenvalue weighted by Gasteiger charge is -2.35. The Morgan fingerprint density at radius 3 is 2.18 bits per heavy atom. The zero-order valence-corrected chi connectivity index (χ0v) is 16.7. The zero-order valence-electron chi connectivity index (χ0n) is 15.9. The minimum atomic E-state index is -1.11. The van der Waals surface area contributed by atoms with Crippen LogP contribution in [0.4, 0.5) is 0 Å². The Hall–Kier alpha value is -2.94. The van der Waals surface area contributed by atoms with Crippen molar-refractivity contribution in [3.8, 4) is 11.5 Å². The molecule has 1 N–H and O–H groups in total. The molecule has 0 bridgehead atoms. The van der Waals surface area contributed by atoms with E-state index in [2.05, 4.69) is 0 Å². The summed E-state index contributed by atoms with van der Waals surface area (Å²) in [6.45, 7) is 5.88. The van der Waals surface area contributed by atoms with Gasteiger partial charge in [-0.15, -0.1) is 0 Å². The summed E-state index contributed by atoms with van der Waals surface area (Å²) in [6, 6.07) is 4.75. The number of thiocarbonyl (C=S) groups is 1. The van der Waals surface area contributed by atoms with E-state index < -0.39 is 24.4 Å². The van der Waals surface area contributed by atoms with E-state index >= 15 is 0 Å². The number of carbonyl (C=O) groups is 3. The number of hydrogen-bond acceptors (Lipinski definition) is 6. The minimum Gasteiger partial charge on any atom is -0.490 e. The van der Waals surface area contributed by atoms with Crippen LogP contribution in [0.2, 0.25) is 0 Å². The third kappa shape index (κ3) is 4.48. The average molecular weight is 406 g/mol. The number of aliphatic carboxylic acids is 1. The molecule has 0 saturated carbocycles. The SMILES string of the molecule is CCOc1cc(C=C2C(=O)N(CC)C(=S)N(CC)C2=O)ccc1OCC(=O)O. The highest BCUT2D eigenvalue weighted by atomic mass is 32.1. The molecule has 1 aliphatic rings. The normalized spacial score (nSPS) is 14.4. The van der Waals surface area contributed by atoms with Gasteiger partial charge in [0, 0.05) is 13.1 Å². The molecule has 9 heteroatoms. The van der Waals surface area contributed by atoms with Gasteiger partial charge in [-0.2, -0.15) is 0 Å². The van der Waals surface area contributed by atoms with Crippen molar-refractivity contribution in [2.75, 3.05) is 26.3 Å². The number of benzene rings is 1. The molecule has 1 aliphatic heterocycles. The maximum absolute atomic E-state index is 12.7. The molecule has 0 radical (unpaired) electrons. The molecular formula is C19H22N2O6S. The van der Waals surface area contributed by atoms with Crippen molar-refractivity contribution in [1.29, 1.82) is 0 Å². The minimum absolute atomic E-state index is 0.000970. The van der Waals surface area contributed by atoms with E-state index in [0.717, 1.165) is 0 Å². The number of hydrogen-bond donors (Lipinski definition) is 1. The molecule has 0 spiro atoms. The molecule has 0 aromatic heterocycles. The Bertz CT molecular complexity index is 808. The van der Waals surface area contributed by atoms with E-state index in [1.165, 1.54) is 21.9 Å². The van der Waals surface area contributed by atoms with Crippen molar-refractivity contribution < 1.29 is 29.0 Å². The van der Waals surface area contributed by atoms with Crippen LogP contribution in [-0.2, 0) is 14.4 Å². The van der Waals surface area contributed by atoms with Gasteiger partial charge in [0.05, 0.1) is 6.61 Å². The third-order valence-corrected chi connectivity index (χ3v) is 4.42. The second-order valence-electron chi connectivity index (χ2n) is 5.76. The number of likely N-dealkylation sites (N-methyl/N-ethyl adjacent to an activating group) is 2. The van der Waals surface area contributed by atoms with Crippen LogP contribution in [-0.4, -0.2) is 64.1 Å². The first kappa shape index (κ1) is 21.4. The molecule has 0 atom stereocenters. The number of carbonyl (C=O) groups excluding carboxylic acids is 2. The summed E-state index contributed by atoms with van der Waals surface area (Å²) in [6.07, 6.45) is 1.47. The predicted molar refractivity (Wildman–Crippen MR) is 106 cm³/mol. The molecule has 1 aromatic carbocycles. The maximum atomic E-state index is 12.7. The summed E-state index contributed by atoms with van der Waals surface area (Å²) in [7, 11) is 0. The molecule has 2 amide bonds. The Labute approximate surface area is 168 Å². The van der Waals surface area contributed by atoms with Crippen molar-refractivity contribution in [2.45, 2.75) is 20.8 Å². The maximum Gasteiger partial charge on any atom is 0.341 e. The molecule has 1 saturated heterocycles. The summed E-state index contributed by atoms with van der Waals surface area (Å²) in [5.41, 5.74) is 0.543. The lowest BCUT2D eigenvalue weighted by atomic mass is 10.1. The zero-order chi connectivity index (χ0) is 20.8. The summed E-state index contributed by atoms with van der Waals surface area (Å²) < 4.78 is 10.7. The second-order valence-corrected chi connectivity index (χ2v) is 6.13. The van der Waals surface area contributed by atoms with Gasteiger partial charge < -0.3 is 14.6 Å². The molecule has 0 unspecified atom stereocenters. The fraction of sp³-hybridized carbons (Fsp3) is 0.368. The first-order valence-electron chi connectivity index (χ1n) is 8.84. The molecule has 0 aliphatic carbocycles. The largest absolute Gasteiger partial charge is 0.490 e. The fourth-order valence-electron chi connectivity index (χ4n) is 2.69. The van der Waals surface area contributed by atoms with Crippen molar-refractivity contribution in [3.63, 3.8) is 0 Å². The van der Waals surface area contributed by atoms with Gasteiger partial charge in [-0.05, 0) is 56.8 Å². The summed E-state index contributed by atoms with van der Waals surface area (Å²) in [5, 5.41) is 8.97. The third-order valence-electron chi connectivity index (χ3n) is 3.98. The van der Waals surface area contributed by atoms with Crippen LogP contribution in [0.15, 0.2) is 23.8 Å². The van der Waals surface area contributed by atoms with Crippen LogP contribution >= 0.6 is 12.2 Å². The van der Waals surface area contributed by atoms with Gasteiger partial charge in [-0.3, -0.25) is 19.4 Å². The lowest BCUT2D eigenvalue weighted by Crippen LogP contribution is -2.55. The highest BCUT2D eigenvalue weighted by Crippen LogP contribution is 2.30. The highest BCUT2D eigenvalue weighted by Gasteiger charge is 2.37. The molecule has 1 aromatic rings. The van der Waals surface area contributed by atoms with Crippen LogP contribution in [0.25, 0.3) is 6.08 Å². The summed E-state index contributed by atoms with van der Waals surface area (Å²) in [5.74, 6) is -1.43. The van der Waals surface area contributed by atoms with Gasteiger partial charge in [0.2, 0.25) is 0 Å². The predicted octanol–water partition coefficient (Wildman–Crippen LogP) is 1.93. The summed E-state index contributed by atoms with van der Waals surface area (Å²) in [4.78, 5) is 38.9. The average Bonchev–Trinajstić information content (AvgIpc) is 2.65. The van der Waals surface area contributed by atoms with Crippen molar-refractivity contribution >= 4 is 41.2 Å². The van der Waals surface area contributed by atoms with Crippen LogP contribution in [0.1, 0.15) is 26.3 Å². The van der Waals surface area contributed by atoms with Gasteiger partial charge in [0.25, 0.3) is 11.8 Å². The fourth-order valence-corrected chi connectivity index (χ4v) is 3.12. The number of ether oxygens (including phenoxy) is 2. The number of carboxylic acids is 1.